The molecule has 4 rings (SSSR count). The van der Waals surface area contributed by atoms with E-state index in [0.717, 1.165) is 44.5 Å². The number of imidazole rings is 1. The highest BCUT2D eigenvalue weighted by atomic mass is 79.9. The summed E-state index contributed by atoms with van der Waals surface area (Å²) in [6.45, 7) is 6.04. The Balaban J connectivity index is 1.88. The van der Waals surface area contributed by atoms with Gasteiger partial charge >= 0.3 is 5.97 Å². The number of carboxylic acid groups (broad SMARTS) is 1. The molecule has 0 aliphatic heterocycles. The number of pyridine rings is 1. The van der Waals surface area contributed by atoms with Crippen LogP contribution in [0.1, 0.15) is 47.3 Å². The highest BCUT2D eigenvalue weighted by Gasteiger charge is 2.20. The Morgan fingerprint density at radius 3 is 2.77 bits per heavy atom. The first-order valence-electron chi connectivity index (χ1n) is 9.42. The van der Waals surface area contributed by atoms with E-state index in [1.165, 1.54) is 0 Å². The molecule has 0 radical (unpaired) electrons. The predicted octanol–water partition coefficient (Wildman–Crippen LogP) is 5.44. The summed E-state index contributed by atoms with van der Waals surface area (Å²) in [5.41, 5.74) is 3.96. The van der Waals surface area contributed by atoms with Crippen molar-refractivity contribution < 1.29 is 9.90 Å². The van der Waals surface area contributed by atoms with Gasteiger partial charge < -0.3 is 10.4 Å². The normalized spacial score (nSPS) is 12.4. The van der Waals surface area contributed by atoms with Crippen molar-refractivity contribution in [2.45, 2.75) is 33.2 Å². The van der Waals surface area contributed by atoms with Gasteiger partial charge in [0.15, 0.2) is 5.69 Å². The van der Waals surface area contributed by atoms with E-state index in [4.69, 9.17) is 16.6 Å². The van der Waals surface area contributed by atoms with E-state index in [-0.39, 0.29) is 16.9 Å². The van der Waals surface area contributed by atoms with Gasteiger partial charge in [-0.05, 0) is 53.5 Å². The Labute approximate surface area is 186 Å². The van der Waals surface area contributed by atoms with Crippen LogP contribution in [0.3, 0.4) is 0 Å². The van der Waals surface area contributed by atoms with Gasteiger partial charge in [0.2, 0.25) is 0 Å². The van der Waals surface area contributed by atoms with Crippen LogP contribution in [0.2, 0.25) is 5.15 Å². The monoisotopic (exact) mass is 487 g/mol. The summed E-state index contributed by atoms with van der Waals surface area (Å²) in [7, 11) is 0. The number of anilines is 1. The van der Waals surface area contributed by atoms with Gasteiger partial charge in [-0.15, -0.1) is 0 Å². The molecule has 0 saturated heterocycles. The number of hydrogen-bond acceptors (Lipinski definition) is 5. The quantitative estimate of drug-likeness (QED) is 0.364. The van der Waals surface area contributed by atoms with Gasteiger partial charge in [-0.3, -0.25) is 4.40 Å². The molecule has 0 spiro atoms. The first-order valence-corrected chi connectivity index (χ1v) is 10.6. The van der Waals surface area contributed by atoms with E-state index >= 15 is 0 Å². The van der Waals surface area contributed by atoms with Crippen molar-refractivity contribution in [2.75, 3.05) is 5.32 Å². The maximum atomic E-state index is 11.6. The van der Waals surface area contributed by atoms with Crippen molar-refractivity contribution in [3.8, 4) is 0 Å². The van der Waals surface area contributed by atoms with E-state index < -0.39 is 5.97 Å². The third-order valence-electron chi connectivity index (χ3n) is 4.94. The van der Waals surface area contributed by atoms with Crippen molar-refractivity contribution >= 4 is 55.7 Å². The van der Waals surface area contributed by atoms with Crippen molar-refractivity contribution in [1.82, 2.24) is 19.4 Å². The number of hydrogen-bond donors (Lipinski definition) is 2. The standard InChI is InChI=1S/C21H19BrClN5O2/c1-4-17-27-18-12(7-10(2)8-13(18)20-25-15(22)9-28(17)20)11(3)24-14-5-6-16(23)26-19(14)21(29)30/h5-9,11,24H,4H2,1-3H3,(H,29,30)/t11-/m1/s1. The lowest BCUT2D eigenvalue weighted by Crippen LogP contribution is -2.13. The Hall–Kier alpha value is -2.71. The summed E-state index contributed by atoms with van der Waals surface area (Å²) in [4.78, 5) is 25.1. The maximum absolute atomic E-state index is 11.6. The molecule has 154 valence electrons. The van der Waals surface area contributed by atoms with Crippen LogP contribution in [-0.4, -0.2) is 30.4 Å². The number of nitrogens with one attached hydrogen (secondary N) is 1. The summed E-state index contributed by atoms with van der Waals surface area (Å²) < 4.78 is 2.75. The van der Waals surface area contributed by atoms with Gasteiger partial charge in [-0.1, -0.05) is 24.6 Å². The summed E-state index contributed by atoms with van der Waals surface area (Å²) in [5, 5.41) is 13.8. The topological polar surface area (TPSA) is 92.4 Å². The van der Waals surface area contributed by atoms with Crippen LogP contribution >= 0.6 is 27.5 Å². The van der Waals surface area contributed by atoms with E-state index in [9.17, 15) is 9.90 Å². The Morgan fingerprint density at radius 2 is 2.07 bits per heavy atom. The minimum absolute atomic E-state index is 0.118. The molecule has 0 unspecified atom stereocenters. The molecule has 0 fully saturated rings. The molecule has 2 N–H and O–H groups in total. The molecule has 1 atom stereocenters. The Kier molecular flexibility index (Phi) is 5.38. The number of rotatable bonds is 5. The lowest BCUT2D eigenvalue weighted by molar-refractivity contribution is 0.0691. The lowest BCUT2D eigenvalue weighted by Gasteiger charge is -2.20. The summed E-state index contributed by atoms with van der Waals surface area (Å²) in [6.07, 6.45) is 2.66. The highest BCUT2D eigenvalue weighted by Crippen LogP contribution is 2.31. The minimum Gasteiger partial charge on any atom is -0.476 e. The molecule has 0 aliphatic carbocycles. The van der Waals surface area contributed by atoms with Crippen LogP contribution in [0.5, 0.6) is 0 Å². The van der Waals surface area contributed by atoms with Crippen LogP contribution in [0, 0.1) is 6.92 Å². The van der Waals surface area contributed by atoms with Crippen LogP contribution in [-0.2, 0) is 6.42 Å². The second kappa shape index (κ2) is 7.85. The smallest absolute Gasteiger partial charge is 0.356 e. The number of benzene rings is 1. The number of carbonyl (C=O) groups is 1. The summed E-state index contributed by atoms with van der Waals surface area (Å²) >= 11 is 9.34. The molecule has 0 amide bonds. The zero-order valence-electron chi connectivity index (χ0n) is 16.6. The highest BCUT2D eigenvalue weighted by molar-refractivity contribution is 9.10. The molecule has 4 aromatic rings. The average Bonchev–Trinajstić information content (AvgIpc) is 3.09. The Morgan fingerprint density at radius 1 is 1.30 bits per heavy atom. The van der Waals surface area contributed by atoms with Crippen LogP contribution in [0.25, 0.3) is 16.6 Å². The fourth-order valence-corrected chi connectivity index (χ4v) is 4.15. The number of nitrogens with zero attached hydrogens (tertiary/aromatic N) is 4. The first-order chi connectivity index (χ1) is 14.3. The second-order valence-electron chi connectivity index (χ2n) is 7.09. The molecule has 3 heterocycles. The number of aryl methyl sites for hydroxylation is 2. The van der Waals surface area contributed by atoms with Gasteiger partial charge in [-0.2, -0.15) is 0 Å². The van der Waals surface area contributed by atoms with Crippen molar-refractivity contribution in [1.29, 1.82) is 0 Å². The van der Waals surface area contributed by atoms with Gasteiger partial charge in [0.25, 0.3) is 0 Å². The van der Waals surface area contributed by atoms with Crippen molar-refractivity contribution in [3.63, 3.8) is 0 Å². The summed E-state index contributed by atoms with van der Waals surface area (Å²) in [5.74, 6) is -0.246. The van der Waals surface area contributed by atoms with E-state index in [0.29, 0.717) is 5.69 Å². The molecular weight excluding hydrogens is 470 g/mol. The molecule has 0 saturated carbocycles. The van der Waals surface area contributed by atoms with Gasteiger partial charge in [0, 0.05) is 23.6 Å². The number of aromatic carboxylic acids is 1. The molecule has 7 nitrogen and oxygen atoms in total. The van der Waals surface area contributed by atoms with Crippen molar-refractivity contribution in [3.05, 3.63) is 62.9 Å². The molecule has 1 aromatic carbocycles. The van der Waals surface area contributed by atoms with Crippen LogP contribution in [0.4, 0.5) is 5.69 Å². The largest absolute Gasteiger partial charge is 0.476 e. The SMILES string of the molecule is CCc1nc2c([C@@H](C)Nc3ccc(Cl)nc3C(=O)O)cc(C)cc2c2nc(Br)cn12. The molecular formula is C21H19BrClN5O2. The fraction of sp³-hybridized carbons (Fsp3) is 0.238. The van der Waals surface area contributed by atoms with Gasteiger partial charge in [0.05, 0.1) is 17.2 Å². The van der Waals surface area contributed by atoms with Crippen LogP contribution in [0.15, 0.2) is 35.1 Å². The van der Waals surface area contributed by atoms with E-state index in [1.54, 1.807) is 12.1 Å². The number of carboxylic acids is 1. The van der Waals surface area contributed by atoms with E-state index in [2.05, 4.69) is 50.3 Å². The third kappa shape index (κ3) is 3.61. The second-order valence-corrected chi connectivity index (χ2v) is 8.29. The third-order valence-corrected chi connectivity index (χ3v) is 5.53. The molecule has 3 aromatic heterocycles. The summed E-state index contributed by atoms with van der Waals surface area (Å²) in [6, 6.07) is 7.09. The zero-order valence-corrected chi connectivity index (χ0v) is 18.9. The lowest BCUT2D eigenvalue weighted by atomic mass is 10.0. The van der Waals surface area contributed by atoms with E-state index in [1.807, 2.05) is 24.4 Å². The number of halogens is 2. The Bertz CT molecular complexity index is 1300. The molecule has 0 bridgehead atoms. The van der Waals surface area contributed by atoms with Crippen molar-refractivity contribution in [2.24, 2.45) is 0 Å². The molecule has 30 heavy (non-hydrogen) atoms. The van der Waals surface area contributed by atoms with Gasteiger partial charge in [-0.25, -0.2) is 19.7 Å². The molecule has 9 heteroatoms. The van der Waals surface area contributed by atoms with Crippen LogP contribution < -0.4 is 5.32 Å². The number of fused-ring (bicyclic) bond motifs is 3. The fourth-order valence-electron chi connectivity index (χ4n) is 3.63. The minimum atomic E-state index is -1.14. The predicted molar refractivity (Wildman–Crippen MR) is 121 cm³/mol. The first kappa shape index (κ1) is 20.6. The van der Waals surface area contributed by atoms with Gasteiger partial charge in [0.1, 0.15) is 21.2 Å². The maximum Gasteiger partial charge on any atom is 0.356 e. The zero-order chi connectivity index (χ0) is 21.6. The average molecular weight is 489 g/mol. The number of aromatic nitrogens is 4. The molecule has 0 aliphatic rings.